The number of nitrogens with zero attached hydrogens (tertiary/aromatic N) is 2. The lowest BCUT2D eigenvalue weighted by molar-refractivity contribution is 0.103. The third-order valence-corrected chi connectivity index (χ3v) is 8.94. The molecule has 0 spiro atoms. The Morgan fingerprint density at radius 1 is 1.03 bits per heavy atom. The Hall–Kier alpha value is -2.72. The van der Waals surface area contributed by atoms with E-state index in [1.807, 2.05) is 6.07 Å². The highest BCUT2D eigenvalue weighted by Gasteiger charge is 2.32. The molecule has 0 saturated carbocycles. The molecule has 0 radical (unpaired) electrons. The van der Waals surface area contributed by atoms with Crippen molar-refractivity contribution < 1.29 is 17.9 Å². The second kappa shape index (κ2) is 9.14. The SMILES string of the molecule is CC(C)(c1ccc2sc(C(=O)Nc3cc(Oc4ccc(Cl)cc4)nc(Cl)n3)cc2c1)S(C)(=O)=O. The Morgan fingerprint density at radius 2 is 1.74 bits per heavy atom. The van der Waals surface area contributed by atoms with Gasteiger partial charge in [-0.25, -0.2) is 13.4 Å². The van der Waals surface area contributed by atoms with Crippen LogP contribution in [0.2, 0.25) is 10.3 Å². The average molecular weight is 536 g/mol. The molecule has 11 heteroatoms. The minimum atomic E-state index is -3.33. The van der Waals surface area contributed by atoms with Gasteiger partial charge in [-0.1, -0.05) is 17.7 Å². The van der Waals surface area contributed by atoms with Gasteiger partial charge in [0.15, 0.2) is 9.84 Å². The molecular weight excluding hydrogens is 517 g/mol. The van der Waals surface area contributed by atoms with Crippen LogP contribution < -0.4 is 10.1 Å². The van der Waals surface area contributed by atoms with Crippen LogP contribution in [0.25, 0.3) is 10.1 Å². The zero-order valence-electron chi connectivity index (χ0n) is 18.3. The Kier molecular flexibility index (Phi) is 6.56. The quantitative estimate of drug-likeness (QED) is 0.290. The molecule has 4 rings (SSSR count). The number of hydrogen-bond donors (Lipinski definition) is 1. The number of halogens is 2. The molecule has 4 aromatic rings. The number of rotatable bonds is 6. The Labute approximate surface area is 210 Å². The molecule has 0 atom stereocenters. The maximum absolute atomic E-state index is 12.9. The molecule has 0 aliphatic heterocycles. The number of ether oxygens (including phenoxy) is 1. The van der Waals surface area contributed by atoms with Crippen LogP contribution in [0, 0.1) is 0 Å². The fraction of sp³-hybridized carbons (Fsp3) is 0.174. The van der Waals surface area contributed by atoms with Crippen molar-refractivity contribution in [1.29, 1.82) is 0 Å². The van der Waals surface area contributed by atoms with Gasteiger partial charge in [-0.05, 0) is 78.9 Å². The molecule has 1 amide bonds. The highest BCUT2D eigenvalue weighted by Crippen LogP contribution is 2.34. The second-order valence-corrected chi connectivity index (χ2v) is 12.4. The van der Waals surface area contributed by atoms with Crippen LogP contribution >= 0.6 is 34.5 Å². The highest BCUT2D eigenvalue weighted by molar-refractivity contribution is 7.91. The number of aromatic nitrogens is 2. The van der Waals surface area contributed by atoms with E-state index in [2.05, 4.69) is 15.3 Å². The van der Waals surface area contributed by atoms with E-state index in [9.17, 15) is 13.2 Å². The van der Waals surface area contributed by atoms with Crippen molar-refractivity contribution in [3.63, 3.8) is 0 Å². The van der Waals surface area contributed by atoms with E-state index in [0.29, 0.717) is 21.2 Å². The molecule has 0 unspecified atom stereocenters. The molecule has 2 aromatic heterocycles. The molecule has 34 heavy (non-hydrogen) atoms. The summed E-state index contributed by atoms with van der Waals surface area (Å²) < 4.78 is 29.9. The number of benzene rings is 2. The zero-order chi connectivity index (χ0) is 24.7. The van der Waals surface area contributed by atoms with Crippen LogP contribution in [0.3, 0.4) is 0 Å². The van der Waals surface area contributed by atoms with Crippen molar-refractivity contribution in [2.24, 2.45) is 0 Å². The van der Waals surface area contributed by atoms with Crippen molar-refractivity contribution in [1.82, 2.24) is 9.97 Å². The van der Waals surface area contributed by atoms with Gasteiger partial charge in [-0.3, -0.25) is 4.79 Å². The molecule has 2 heterocycles. The van der Waals surface area contributed by atoms with Crippen molar-refractivity contribution in [2.45, 2.75) is 18.6 Å². The fourth-order valence-corrected chi connectivity index (χ4v) is 4.85. The lowest BCUT2D eigenvalue weighted by Gasteiger charge is -2.23. The first-order valence-electron chi connectivity index (χ1n) is 9.95. The summed E-state index contributed by atoms with van der Waals surface area (Å²) in [5, 5.41) is 3.95. The van der Waals surface area contributed by atoms with Gasteiger partial charge in [0, 0.05) is 22.0 Å². The monoisotopic (exact) mass is 535 g/mol. The molecule has 0 fully saturated rings. The van der Waals surface area contributed by atoms with Crippen LogP contribution in [0.1, 0.15) is 29.1 Å². The maximum atomic E-state index is 12.9. The molecule has 0 bridgehead atoms. The number of hydrogen-bond acceptors (Lipinski definition) is 7. The van der Waals surface area contributed by atoms with E-state index in [4.69, 9.17) is 27.9 Å². The summed E-state index contributed by atoms with van der Waals surface area (Å²) in [6.45, 7) is 3.32. The van der Waals surface area contributed by atoms with Gasteiger partial charge in [0.1, 0.15) is 11.6 Å². The zero-order valence-corrected chi connectivity index (χ0v) is 21.4. The van der Waals surface area contributed by atoms with Gasteiger partial charge in [0.05, 0.1) is 9.62 Å². The lowest BCUT2D eigenvalue weighted by Crippen LogP contribution is -2.27. The molecule has 1 N–H and O–H groups in total. The minimum absolute atomic E-state index is 0.0919. The van der Waals surface area contributed by atoms with Crippen molar-refractivity contribution in [3.05, 3.63) is 75.3 Å². The van der Waals surface area contributed by atoms with E-state index >= 15 is 0 Å². The first-order chi connectivity index (χ1) is 15.9. The second-order valence-electron chi connectivity index (χ2n) is 8.02. The Morgan fingerprint density at radius 3 is 2.41 bits per heavy atom. The summed E-state index contributed by atoms with van der Waals surface area (Å²) in [7, 11) is -3.33. The van der Waals surface area contributed by atoms with Crippen LogP contribution in [0.15, 0.2) is 54.6 Å². The van der Waals surface area contributed by atoms with Crippen LogP contribution in [0.5, 0.6) is 11.6 Å². The predicted octanol–water partition coefficient (Wildman–Crippen LogP) is 6.32. The van der Waals surface area contributed by atoms with Gasteiger partial charge >= 0.3 is 0 Å². The molecule has 0 aliphatic rings. The number of fused-ring (bicyclic) bond motifs is 1. The summed E-state index contributed by atoms with van der Waals surface area (Å²) in [4.78, 5) is 21.4. The minimum Gasteiger partial charge on any atom is -0.439 e. The number of amides is 1. The van der Waals surface area contributed by atoms with Gasteiger partial charge in [0.2, 0.25) is 11.2 Å². The predicted molar refractivity (Wildman–Crippen MR) is 136 cm³/mol. The smallest absolute Gasteiger partial charge is 0.266 e. The van der Waals surface area contributed by atoms with E-state index in [0.717, 1.165) is 10.1 Å². The van der Waals surface area contributed by atoms with Crippen LogP contribution in [-0.4, -0.2) is 30.5 Å². The number of nitrogens with one attached hydrogen (secondary N) is 1. The summed E-state index contributed by atoms with van der Waals surface area (Å²) >= 11 is 13.2. The first-order valence-corrected chi connectivity index (χ1v) is 13.4. The summed E-state index contributed by atoms with van der Waals surface area (Å²) in [6.07, 6.45) is 1.21. The molecule has 7 nitrogen and oxygen atoms in total. The number of anilines is 1. The third kappa shape index (κ3) is 5.17. The number of sulfone groups is 1. The van der Waals surface area contributed by atoms with Crippen LogP contribution in [-0.2, 0) is 14.6 Å². The first kappa shape index (κ1) is 24.4. The molecule has 0 aliphatic carbocycles. The molecular formula is C23H19Cl2N3O4S2. The number of carbonyl (C=O) groups excluding carboxylic acids is 1. The molecule has 176 valence electrons. The van der Waals surface area contributed by atoms with Gasteiger partial charge in [0.25, 0.3) is 5.91 Å². The normalized spacial score (nSPS) is 12.0. The third-order valence-electron chi connectivity index (χ3n) is 5.32. The van der Waals surface area contributed by atoms with Crippen molar-refractivity contribution >= 4 is 66.2 Å². The number of carbonyl (C=O) groups is 1. The van der Waals surface area contributed by atoms with E-state index in [1.165, 1.54) is 23.7 Å². The molecule has 0 saturated heterocycles. The fourth-order valence-electron chi connectivity index (χ4n) is 3.06. The van der Waals surface area contributed by atoms with Gasteiger partial charge in [-0.15, -0.1) is 11.3 Å². The number of thiophene rings is 1. The maximum Gasteiger partial charge on any atom is 0.266 e. The summed E-state index contributed by atoms with van der Waals surface area (Å²) in [5.41, 5.74) is 0.652. The largest absolute Gasteiger partial charge is 0.439 e. The lowest BCUT2D eigenvalue weighted by atomic mass is 10.0. The Bertz CT molecular complexity index is 1500. The molecule has 2 aromatic carbocycles. The topological polar surface area (TPSA) is 98.2 Å². The highest BCUT2D eigenvalue weighted by atomic mass is 35.5. The van der Waals surface area contributed by atoms with Crippen molar-refractivity contribution in [3.8, 4) is 11.6 Å². The summed E-state index contributed by atoms with van der Waals surface area (Å²) in [6, 6.07) is 15.2. The van der Waals surface area contributed by atoms with E-state index < -0.39 is 20.5 Å². The average Bonchev–Trinajstić information content (AvgIpc) is 3.18. The van der Waals surface area contributed by atoms with Crippen LogP contribution in [0.4, 0.5) is 5.82 Å². The summed E-state index contributed by atoms with van der Waals surface area (Å²) in [5.74, 6) is 0.429. The standard InChI is InChI=1S/C23H19Cl2N3O4S2/c1-23(2,34(3,30)31)14-4-9-17-13(10-14)11-18(33-17)21(29)26-19-12-20(28-22(25)27-19)32-16-7-5-15(24)6-8-16/h4-12H,1-3H3,(H,26,27,28,29). The van der Waals surface area contributed by atoms with Gasteiger partial charge in [-0.2, -0.15) is 4.98 Å². The van der Waals surface area contributed by atoms with Crippen molar-refractivity contribution in [2.75, 3.05) is 11.6 Å². The van der Waals surface area contributed by atoms with E-state index in [-0.39, 0.29) is 17.0 Å². The van der Waals surface area contributed by atoms with Gasteiger partial charge < -0.3 is 10.1 Å². The van der Waals surface area contributed by atoms with E-state index in [1.54, 1.807) is 56.3 Å². The Balaban J connectivity index is 1.57.